The zero-order valence-corrected chi connectivity index (χ0v) is 13.2. The van der Waals surface area contributed by atoms with Gasteiger partial charge in [-0.1, -0.05) is 24.2 Å². The highest BCUT2D eigenvalue weighted by Crippen LogP contribution is 2.39. The third-order valence-corrected chi connectivity index (χ3v) is 4.51. The van der Waals surface area contributed by atoms with Crippen molar-refractivity contribution < 1.29 is 9.26 Å². The summed E-state index contributed by atoms with van der Waals surface area (Å²) in [6, 6.07) is 8.02. The van der Waals surface area contributed by atoms with Crippen molar-refractivity contribution >= 4 is 11.8 Å². The molecule has 0 saturated heterocycles. The molecule has 21 heavy (non-hydrogen) atoms. The number of rotatable bonds is 4. The predicted octanol–water partition coefficient (Wildman–Crippen LogP) is 3.14. The fourth-order valence-electron chi connectivity index (χ4n) is 2.28. The Balaban J connectivity index is 1.79. The Bertz CT molecular complexity index is 627. The Kier molecular flexibility index (Phi) is 3.91. The number of aromatic nitrogens is 2. The Morgan fingerprint density at radius 1 is 1.38 bits per heavy atom. The van der Waals surface area contributed by atoms with Gasteiger partial charge in [-0.25, -0.2) is 0 Å². The van der Waals surface area contributed by atoms with E-state index in [1.165, 1.54) is 0 Å². The van der Waals surface area contributed by atoms with E-state index in [2.05, 4.69) is 28.4 Å². The van der Waals surface area contributed by atoms with Crippen LogP contribution < -0.4 is 10.1 Å². The zero-order chi connectivity index (χ0) is 14.9. The van der Waals surface area contributed by atoms with Crippen molar-refractivity contribution in [2.75, 3.05) is 12.3 Å². The summed E-state index contributed by atoms with van der Waals surface area (Å²) in [5.74, 6) is 2.87. The molecular formula is C15H19N3O2S. The second-order valence-electron chi connectivity index (χ2n) is 5.48. The van der Waals surface area contributed by atoms with Gasteiger partial charge in [0.25, 0.3) is 0 Å². The van der Waals surface area contributed by atoms with Crippen LogP contribution in [0, 0.1) is 0 Å². The third kappa shape index (κ3) is 2.91. The van der Waals surface area contributed by atoms with Crippen LogP contribution in [-0.4, -0.2) is 22.4 Å². The Morgan fingerprint density at radius 2 is 2.19 bits per heavy atom. The van der Waals surface area contributed by atoms with Crippen LogP contribution in [0.15, 0.2) is 33.7 Å². The second-order valence-corrected chi connectivity index (χ2v) is 6.54. The number of hydrogen-bond donors (Lipinski definition) is 1. The minimum atomic E-state index is -0.334. The monoisotopic (exact) mass is 305 g/mol. The summed E-state index contributed by atoms with van der Waals surface area (Å²) in [5, 5.41) is 7.42. The molecule has 0 saturated carbocycles. The van der Waals surface area contributed by atoms with Crippen LogP contribution in [0.5, 0.6) is 5.75 Å². The summed E-state index contributed by atoms with van der Waals surface area (Å²) in [7, 11) is 0. The van der Waals surface area contributed by atoms with Gasteiger partial charge in [0.2, 0.25) is 11.7 Å². The molecule has 1 atom stereocenters. The van der Waals surface area contributed by atoms with E-state index in [9.17, 15) is 0 Å². The number of hydrogen-bond acceptors (Lipinski definition) is 6. The maximum Gasteiger partial charge on any atom is 0.246 e. The van der Waals surface area contributed by atoms with E-state index >= 15 is 0 Å². The van der Waals surface area contributed by atoms with Crippen molar-refractivity contribution in [1.29, 1.82) is 0 Å². The van der Waals surface area contributed by atoms with Crippen molar-refractivity contribution in [3.63, 3.8) is 0 Å². The van der Waals surface area contributed by atoms with Gasteiger partial charge in [0, 0.05) is 10.6 Å². The van der Waals surface area contributed by atoms with Gasteiger partial charge in [0.15, 0.2) is 6.10 Å². The highest BCUT2D eigenvalue weighted by Gasteiger charge is 2.31. The summed E-state index contributed by atoms with van der Waals surface area (Å²) in [5.41, 5.74) is -0.334. The fourth-order valence-corrected chi connectivity index (χ4v) is 3.27. The first-order valence-corrected chi connectivity index (χ1v) is 8.06. The van der Waals surface area contributed by atoms with E-state index in [0.717, 1.165) is 22.9 Å². The van der Waals surface area contributed by atoms with Crippen LogP contribution in [0.4, 0.5) is 0 Å². The van der Waals surface area contributed by atoms with Crippen molar-refractivity contribution in [2.24, 2.45) is 0 Å². The quantitative estimate of drug-likeness (QED) is 0.936. The summed E-state index contributed by atoms with van der Waals surface area (Å²) < 4.78 is 11.4. The van der Waals surface area contributed by atoms with Crippen LogP contribution in [0.2, 0.25) is 0 Å². The molecule has 6 heteroatoms. The van der Waals surface area contributed by atoms with E-state index < -0.39 is 0 Å². The highest BCUT2D eigenvalue weighted by molar-refractivity contribution is 7.99. The highest BCUT2D eigenvalue weighted by atomic mass is 32.2. The predicted molar refractivity (Wildman–Crippen MR) is 81.5 cm³/mol. The molecule has 1 aliphatic rings. The van der Waals surface area contributed by atoms with Crippen LogP contribution >= 0.6 is 11.8 Å². The van der Waals surface area contributed by atoms with Gasteiger partial charge < -0.3 is 14.6 Å². The van der Waals surface area contributed by atoms with Gasteiger partial charge in [0.1, 0.15) is 5.75 Å². The summed E-state index contributed by atoms with van der Waals surface area (Å²) in [4.78, 5) is 5.68. The van der Waals surface area contributed by atoms with Crippen molar-refractivity contribution in [3.05, 3.63) is 36.0 Å². The molecule has 0 amide bonds. The first kappa shape index (κ1) is 14.4. The Morgan fingerprint density at radius 3 is 3.00 bits per heavy atom. The molecular weight excluding hydrogens is 286 g/mol. The molecule has 112 valence electrons. The molecule has 3 rings (SSSR count). The smallest absolute Gasteiger partial charge is 0.246 e. The van der Waals surface area contributed by atoms with Gasteiger partial charge in [0.05, 0.1) is 5.54 Å². The number of para-hydroxylation sites is 1. The fraction of sp³-hybridized carbons (Fsp3) is 0.467. The number of nitrogens with one attached hydrogen (secondary N) is 1. The topological polar surface area (TPSA) is 60.2 Å². The van der Waals surface area contributed by atoms with Crippen molar-refractivity contribution in [3.8, 4) is 5.75 Å². The number of benzene rings is 1. The zero-order valence-electron chi connectivity index (χ0n) is 12.4. The second kappa shape index (κ2) is 5.69. The van der Waals surface area contributed by atoms with E-state index in [0.29, 0.717) is 11.7 Å². The van der Waals surface area contributed by atoms with E-state index in [4.69, 9.17) is 9.26 Å². The molecule has 0 spiro atoms. The molecule has 1 aromatic carbocycles. The molecule has 1 N–H and O–H groups in total. The lowest BCUT2D eigenvalue weighted by atomic mass is 10.1. The number of ether oxygens (including phenoxy) is 1. The van der Waals surface area contributed by atoms with Gasteiger partial charge in [-0.05, 0) is 32.5 Å². The maximum absolute atomic E-state index is 5.98. The molecule has 1 aromatic heterocycles. The first-order chi connectivity index (χ1) is 10.1. The minimum absolute atomic E-state index is 0.167. The van der Waals surface area contributed by atoms with Gasteiger partial charge in [-0.3, -0.25) is 0 Å². The molecule has 0 radical (unpaired) electrons. The summed E-state index contributed by atoms with van der Waals surface area (Å²) in [6.45, 7) is 6.95. The van der Waals surface area contributed by atoms with Crippen LogP contribution in [-0.2, 0) is 5.54 Å². The molecule has 5 nitrogen and oxygen atoms in total. The molecule has 1 aliphatic heterocycles. The maximum atomic E-state index is 5.98. The number of thioether (sulfide) groups is 1. The molecule has 2 heterocycles. The van der Waals surface area contributed by atoms with Crippen molar-refractivity contribution in [1.82, 2.24) is 15.5 Å². The van der Waals surface area contributed by atoms with Gasteiger partial charge in [-0.15, -0.1) is 11.8 Å². The molecule has 0 fully saturated rings. The lowest BCUT2D eigenvalue weighted by molar-refractivity contribution is 0.204. The normalized spacial score (nSPS) is 18.1. The third-order valence-electron chi connectivity index (χ3n) is 3.39. The summed E-state index contributed by atoms with van der Waals surface area (Å²) in [6.07, 6.45) is -0.167. The molecule has 0 aliphatic carbocycles. The Hall–Kier alpha value is -1.53. The lowest BCUT2D eigenvalue weighted by Gasteiger charge is -2.23. The summed E-state index contributed by atoms with van der Waals surface area (Å²) >= 11 is 1.76. The molecule has 0 bridgehead atoms. The SMILES string of the molecule is CCNC(C)(C)c1nc(C2CSc3ccccc3O2)no1. The minimum Gasteiger partial charge on any atom is -0.480 e. The number of fused-ring (bicyclic) bond motifs is 1. The van der Waals surface area contributed by atoms with Crippen LogP contribution in [0.25, 0.3) is 0 Å². The van der Waals surface area contributed by atoms with Gasteiger partial charge in [-0.2, -0.15) is 4.98 Å². The largest absolute Gasteiger partial charge is 0.480 e. The average molecular weight is 305 g/mol. The Labute approximate surface area is 128 Å². The average Bonchev–Trinajstić information content (AvgIpc) is 2.97. The van der Waals surface area contributed by atoms with Crippen LogP contribution in [0.1, 0.15) is 38.6 Å². The van der Waals surface area contributed by atoms with Crippen molar-refractivity contribution in [2.45, 2.75) is 37.3 Å². The van der Waals surface area contributed by atoms with Crippen LogP contribution in [0.3, 0.4) is 0 Å². The van der Waals surface area contributed by atoms with E-state index in [1.54, 1.807) is 11.8 Å². The van der Waals surface area contributed by atoms with Gasteiger partial charge >= 0.3 is 0 Å². The number of nitrogens with zero attached hydrogens (tertiary/aromatic N) is 2. The standard InChI is InChI=1S/C15H19N3O2S/c1-4-16-15(2,3)14-17-13(18-20-14)11-9-21-12-8-6-5-7-10(12)19-11/h5-8,11,16H,4,9H2,1-3H3. The molecule has 2 aromatic rings. The first-order valence-electron chi connectivity index (χ1n) is 7.08. The van der Waals surface area contributed by atoms with E-state index in [1.807, 2.05) is 32.0 Å². The van der Waals surface area contributed by atoms with E-state index in [-0.39, 0.29) is 11.6 Å². The molecule has 1 unspecified atom stereocenters. The lowest BCUT2D eigenvalue weighted by Crippen LogP contribution is -2.36.